The third-order valence-electron chi connectivity index (χ3n) is 6.43. The molecule has 0 aliphatic rings. The van der Waals surface area contributed by atoms with Crippen molar-refractivity contribution < 1.29 is 14.7 Å². The minimum Gasteiger partial charge on any atom is -0.479 e. The van der Waals surface area contributed by atoms with Gasteiger partial charge in [-0.3, -0.25) is 0 Å². The summed E-state index contributed by atoms with van der Waals surface area (Å²) in [5.74, 6) is -1.09. The van der Waals surface area contributed by atoms with Crippen LogP contribution in [0.3, 0.4) is 0 Å². The minimum absolute atomic E-state index is 0.473. The van der Waals surface area contributed by atoms with Gasteiger partial charge in [-0.2, -0.15) is 0 Å². The van der Waals surface area contributed by atoms with Crippen LogP contribution in [0.1, 0.15) is 30.0 Å². The second kappa shape index (κ2) is 9.40. The van der Waals surface area contributed by atoms with Gasteiger partial charge in [0.2, 0.25) is 0 Å². The van der Waals surface area contributed by atoms with Crippen LogP contribution in [0.25, 0.3) is 32.3 Å². The van der Waals surface area contributed by atoms with E-state index in [0.29, 0.717) is 12.1 Å². The summed E-state index contributed by atoms with van der Waals surface area (Å²) in [6.45, 7) is 0.485. The van der Waals surface area contributed by atoms with Gasteiger partial charge in [0.05, 0.1) is 0 Å². The summed E-state index contributed by atoms with van der Waals surface area (Å²) >= 11 is 0. The lowest BCUT2D eigenvalue weighted by atomic mass is 9.90. The van der Waals surface area contributed by atoms with Crippen molar-refractivity contribution in [3.05, 3.63) is 96.1 Å². The molecule has 0 aromatic heterocycles. The molecule has 0 aliphatic heterocycles. The number of carbonyl (C=O) groups is 2. The Morgan fingerprint density at radius 3 is 2.15 bits per heavy atom. The van der Waals surface area contributed by atoms with Crippen LogP contribution in [0, 0.1) is 0 Å². The van der Waals surface area contributed by atoms with E-state index in [1.54, 1.807) is 24.3 Å². The van der Waals surface area contributed by atoms with Gasteiger partial charge in [-0.1, -0.05) is 84.9 Å². The van der Waals surface area contributed by atoms with E-state index in [-0.39, 0.29) is 0 Å². The Morgan fingerprint density at radius 2 is 1.41 bits per heavy atom. The lowest BCUT2D eigenvalue weighted by Gasteiger charge is -2.16. The van der Waals surface area contributed by atoms with Crippen LogP contribution >= 0.6 is 0 Å². The maximum Gasteiger partial charge on any atom is 0.330 e. The molecule has 0 saturated carbocycles. The van der Waals surface area contributed by atoms with Gasteiger partial charge in [-0.05, 0) is 62.7 Å². The van der Waals surface area contributed by atoms with E-state index >= 15 is 0 Å². The van der Waals surface area contributed by atoms with E-state index in [1.165, 1.54) is 37.9 Å². The lowest BCUT2D eigenvalue weighted by Crippen LogP contribution is -2.41. The van der Waals surface area contributed by atoms with Crippen molar-refractivity contribution in [2.75, 3.05) is 6.54 Å². The summed E-state index contributed by atoms with van der Waals surface area (Å²) in [5.41, 5.74) is 1.85. The fraction of sp³-hybridized carbons (Fsp3) is 0.172. The molecule has 5 aromatic rings. The molecule has 1 unspecified atom stereocenters. The van der Waals surface area contributed by atoms with Crippen molar-refractivity contribution in [3.63, 3.8) is 0 Å². The number of carbonyl (C=O) groups excluding carboxylic acids is 1. The van der Waals surface area contributed by atoms with Gasteiger partial charge in [0, 0.05) is 6.54 Å². The number of benzene rings is 5. The molecule has 0 radical (unpaired) electrons. The molecule has 5 aromatic carbocycles. The highest BCUT2D eigenvalue weighted by atomic mass is 16.4. The molecule has 0 spiro atoms. The van der Waals surface area contributed by atoms with Crippen LogP contribution in [0.4, 0.5) is 4.79 Å². The van der Waals surface area contributed by atoms with Crippen molar-refractivity contribution in [1.82, 2.24) is 10.6 Å². The largest absolute Gasteiger partial charge is 0.479 e. The first-order valence-electron chi connectivity index (χ1n) is 11.6. The number of aliphatic carboxylic acids is 1. The third-order valence-corrected chi connectivity index (χ3v) is 6.43. The molecular formula is C29H26N2O3. The van der Waals surface area contributed by atoms with Gasteiger partial charge in [-0.15, -0.1) is 0 Å². The van der Waals surface area contributed by atoms with Gasteiger partial charge in [0.25, 0.3) is 0 Å². The number of urea groups is 1. The van der Waals surface area contributed by atoms with E-state index in [2.05, 4.69) is 65.2 Å². The van der Waals surface area contributed by atoms with Crippen molar-refractivity contribution >= 4 is 44.3 Å². The second-order valence-corrected chi connectivity index (χ2v) is 8.62. The predicted molar refractivity (Wildman–Crippen MR) is 136 cm³/mol. The van der Waals surface area contributed by atoms with Crippen molar-refractivity contribution in [2.45, 2.75) is 25.3 Å². The summed E-state index contributed by atoms with van der Waals surface area (Å²) in [6, 6.07) is 26.8. The first kappa shape index (κ1) is 21.7. The fourth-order valence-electron chi connectivity index (χ4n) is 4.77. The molecule has 0 heterocycles. The van der Waals surface area contributed by atoms with Crippen LogP contribution in [0.2, 0.25) is 0 Å². The van der Waals surface area contributed by atoms with E-state index < -0.39 is 18.0 Å². The number of unbranched alkanes of at least 4 members (excludes halogenated alkanes) is 1. The molecule has 170 valence electrons. The molecule has 0 fully saturated rings. The topological polar surface area (TPSA) is 78.4 Å². The summed E-state index contributed by atoms with van der Waals surface area (Å²) in [6.07, 6.45) is 2.64. The number of carboxylic acid groups (broad SMARTS) is 1. The summed E-state index contributed by atoms with van der Waals surface area (Å²) < 4.78 is 0. The van der Waals surface area contributed by atoms with Gasteiger partial charge >= 0.3 is 12.0 Å². The Kier molecular flexibility index (Phi) is 6.00. The first-order valence-corrected chi connectivity index (χ1v) is 11.6. The van der Waals surface area contributed by atoms with Crippen molar-refractivity contribution in [3.8, 4) is 0 Å². The maximum atomic E-state index is 12.2. The van der Waals surface area contributed by atoms with E-state index in [4.69, 9.17) is 0 Å². The Bertz CT molecular complexity index is 1450. The minimum atomic E-state index is -1.09. The van der Waals surface area contributed by atoms with Crippen LogP contribution in [0.15, 0.2) is 84.9 Å². The van der Waals surface area contributed by atoms with Gasteiger partial charge in [-0.25, -0.2) is 9.59 Å². The van der Waals surface area contributed by atoms with Crippen LogP contribution in [-0.2, 0) is 11.2 Å². The Balaban J connectivity index is 1.20. The molecule has 5 nitrogen and oxygen atoms in total. The second-order valence-electron chi connectivity index (χ2n) is 8.62. The molecule has 0 saturated heterocycles. The number of nitrogens with one attached hydrogen (secondary N) is 2. The molecule has 0 aliphatic carbocycles. The monoisotopic (exact) mass is 450 g/mol. The third kappa shape index (κ3) is 4.25. The summed E-state index contributed by atoms with van der Waals surface area (Å²) in [5, 5.41) is 22.5. The zero-order valence-corrected chi connectivity index (χ0v) is 18.8. The van der Waals surface area contributed by atoms with E-state index in [1.807, 2.05) is 6.07 Å². The predicted octanol–water partition coefficient (Wildman–Crippen LogP) is 6.03. The normalized spacial score (nSPS) is 12.2. The molecular weight excluding hydrogens is 424 g/mol. The summed E-state index contributed by atoms with van der Waals surface area (Å²) in [4.78, 5) is 23.8. The van der Waals surface area contributed by atoms with Crippen molar-refractivity contribution in [2.24, 2.45) is 0 Å². The SMILES string of the molecule is O=C(NCCCCc1ccc2ccc3cccc4ccc1c2c34)NC(C(=O)O)c1ccccc1. The highest BCUT2D eigenvalue weighted by Gasteiger charge is 2.21. The van der Waals surface area contributed by atoms with Crippen LogP contribution in [-0.4, -0.2) is 23.7 Å². The van der Waals surface area contributed by atoms with Crippen molar-refractivity contribution in [1.29, 1.82) is 0 Å². The Hall–Kier alpha value is -4.12. The number of amides is 2. The van der Waals surface area contributed by atoms with E-state index in [0.717, 1.165) is 19.3 Å². The average Bonchev–Trinajstić information content (AvgIpc) is 2.86. The van der Waals surface area contributed by atoms with Gasteiger partial charge in [0.1, 0.15) is 0 Å². The van der Waals surface area contributed by atoms with E-state index in [9.17, 15) is 14.7 Å². The quantitative estimate of drug-likeness (QED) is 0.199. The molecule has 5 heteroatoms. The molecule has 5 rings (SSSR count). The molecule has 0 bridgehead atoms. The highest BCUT2D eigenvalue weighted by Crippen LogP contribution is 2.36. The Morgan fingerprint density at radius 1 is 0.735 bits per heavy atom. The average molecular weight is 451 g/mol. The highest BCUT2D eigenvalue weighted by molar-refractivity contribution is 6.23. The van der Waals surface area contributed by atoms with Crippen LogP contribution in [0.5, 0.6) is 0 Å². The summed E-state index contributed by atoms with van der Waals surface area (Å²) in [7, 11) is 0. The first-order chi connectivity index (χ1) is 16.6. The zero-order valence-electron chi connectivity index (χ0n) is 18.8. The number of hydrogen-bond donors (Lipinski definition) is 3. The number of hydrogen-bond acceptors (Lipinski definition) is 2. The van der Waals surface area contributed by atoms with Gasteiger partial charge < -0.3 is 15.7 Å². The number of carboxylic acids is 1. The number of aryl methyl sites for hydroxylation is 1. The van der Waals surface area contributed by atoms with Gasteiger partial charge in [0.15, 0.2) is 6.04 Å². The number of rotatable bonds is 8. The molecule has 3 N–H and O–H groups in total. The Labute approximate surface area is 197 Å². The lowest BCUT2D eigenvalue weighted by molar-refractivity contribution is -0.139. The van der Waals surface area contributed by atoms with Crippen LogP contribution < -0.4 is 10.6 Å². The maximum absolute atomic E-state index is 12.2. The molecule has 2 amide bonds. The standard InChI is InChI=1S/C29H26N2O3/c32-28(33)27(23-8-2-1-3-9-23)31-29(34)30-18-5-4-7-19-12-13-22-15-14-20-10-6-11-21-16-17-24(19)26(22)25(20)21/h1-3,6,8-17,27H,4-5,7,18H2,(H,32,33)(H2,30,31,34). The fourth-order valence-corrected chi connectivity index (χ4v) is 4.77. The smallest absolute Gasteiger partial charge is 0.330 e. The molecule has 34 heavy (non-hydrogen) atoms. The zero-order chi connectivity index (χ0) is 23.5. The molecule has 1 atom stereocenters.